The molecule has 0 spiro atoms. The van der Waals surface area contributed by atoms with Crippen molar-refractivity contribution >= 4 is 12.0 Å². The van der Waals surface area contributed by atoms with Gasteiger partial charge in [0.15, 0.2) is 0 Å². The van der Waals surface area contributed by atoms with Crippen molar-refractivity contribution in [3.8, 4) is 0 Å². The molecule has 0 saturated heterocycles. The third-order valence-electron chi connectivity index (χ3n) is 3.32. The van der Waals surface area contributed by atoms with Gasteiger partial charge in [0, 0.05) is 19.2 Å². The Kier molecular flexibility index (Phi) is 6.62. The number of hydrogen-bond acceptors (Lipinski definition) is 3. The van der Waals surface area contributed by atoms with Crippen LogP contribution in [0.5, 0.6) is 0 Å². The highest BCUT2D eigenvalue weighted by molar-refractivity contribution is 5.80. The van der Waals surface area contributed by atoms with Crippen LogP contribution >= 0.6 is 0 Å². The van der Waals surface area contributed by atoms with Crippen LogP contribution in [0.1, 0.15) is 39.5 Å². The van der Waals surface area contributed by atoms with Crippen LogP contribution < -0.4 is 5.32 Å². The molecule has 0 heterocycles. The molecule has 0 aromatic rings. The van der Waals surface area contributed by atoms with E-state index < -0.39 is 5.97 Å². The summed E-state index contributed by atoms with van der Waals surface area (Å²) >= 11 is 0. The van der Waals surface area contributed by atoms with Crippen LogP contribution in [0.4, 0.5) is 4.79 Å². The van der Waals surface area contributed by atoms with E-state index in [9.17, 15) is 9.59 Å². The quantitative estimate of drug-likeness (QED) is 0.735. The summed E-state index contributed by atoms with van der Waals surface area (Å²) in [6, 6.07) is -0.251. The third kappa shape index (κ3) is 5.46. The predicted molar refractivity (Wildman–Crippen MR) is 71.1 cm³/mol. The number of nitrogens with zero attached hydrogens (tertiary/aromatic N) is 1. The molecule has 110 valence electrons. The summed E-state index contributed by atoms with van der Waals surface area (Å²) in [5, 5.41) is 11.7. The average molecular weight is 272 g/mol. The Balaban J connectivity index is 2.48. The zero-order valence-electron chi connectivity index (χ0n) is 11.7. The average Bonchev–Trinajstić information content (AvgIpc) is 2.86. The zero-order valence-corrected chi connectivity index (χ0v) is 11.7. The Bertz CT molecular complexity index is 303. The summed E-state index contributed by atoms with van der Waals surface area (Å²) in [6.07, 6.45) is 3.83. The summed E-state index contributed by atoms with van der Waals surface area (Å²) in [6.45, 7) is 4.53. The minimum Gasteiger partial charge on any atom is -0.480 e. The molecule has 1 fully saturated rings. The van der Waals surface area contributed by atoms with Gasteiger partial charge in [-0.25, -0.2) is 4.79 Å². The second-order valence-corrected chi connectivity index (χ2v) is 4.91. The van der Waals surface area contributed by atoms with Crippen LogP contribution in [0, 0.1) is 0 Å². The highest BCUT2D eigenvalue weighted by Crippen LogP contribution is 2.23. The van der Waals surface area contributed by atoms with Gasteiger partial charge in [-0.15, -0.1) is 0 Å². The van der Waals surface area contributed by atoms with Crippen LogP contribution in [-0.4, -0.2) is 53.8 Å². The van der Waals surface area contributed by atoms with Gasteiger partial charge in [-0.2, -0.15) is 0 Å². The summed E-state index contributed by atoms with van der Waals surface area (Å²) in [5.41, 5.74) is 0. The largest absolute Gasteiger partial charge is 0.480 e. The Labute approximate surface area is 114 Å². The van der Waals surface area contributed by atoms with E-state index in [0.29, 0.717) is 13.2 Å². The lowest BCUT2D eigenvalue weighted by Crippen LogP contribution is -2.49. The number of carbonyl (C=O) groups excluding carboxylic acids is 1. The molecule has 1 rings (SSSR count). The van der Waals surface area contributed by atoms with Gasteiger partial charge < -0.3 is 20.1 Å². The zero-order chi connectivity index (χ0) is 14.3. The smallest absolute Gasteiger partial charge is 0.323 e. The number of urea groups is 1. The van der Waals surface area contributed by atoms with Crippen molar-refractivity contribution in [1.82, 2.24) is 10.2 Å². The van der Waals surface area contributed by atoms with Crippen molar-refractivity contribution in [2.24, 2.45) is 0 Å². The number of carboxylic acid groups (broad SMARTS) is 1. The van der Waals surface area contributed by atoms with Gasteiger partial charge in [0.2, 0.25) is 0 Å². The molecule has 1 unspecified atom stereocenters. The van der Waals surface area contributed by atoms with Gasteiger partial charge in [-0.1, -0.05) is 12.8 Å². The van der Waals surface area contributed by atoms with Gasteiger partial charge in [0.1, 0.15) is 6.54 Å². The molecule has 1 aliphatic carbocycles. The fourth-order valence-corrected chi connectivity index (χ4v) is 2.40. The summed E-state index contributed by atoms with van der Waals surface area (Å²) < 4.78 is 5.33. The number of hydrogen-bond donors (Lipinski definition) is 2. The molecule has 0 radical (unpaired) electrons. The molecule has 0 aliphatic heterocycles. The number of rotatable bonds is 7. The van der Waals surface area contributed by atoms with Crippen molar-refractivity contribution in [1.29, 1.82) is 0 Å². The first-order valence-corrected chi connectivity index (χ1v) is 6.92. The van der Waals surface area contributed by atoms with E-state index in [1.54, 1.807) is 0 Å². The van der Waals surface area contributed by atoms with E-state index in [1.807, 2.05) is 13.8 Å². The van der Waals surface area contributed by atoms with Crippen LogP contribution in [0.3, 0.4) is 0 Å². The van der Waals surface area contributed by atoms with Gasteiger partial charge >= 0.3 is 12.0 Å². The predicted octanol–water partition coefficient (Wildman–Crippen LogP) is 1.45. The van der Waals surface area contributed by atoms with Crippen molar-refractivity contribution in [3.05, 3.63) is 0 Å². The first kappa shape index (κ1) is 15.8. The third-order valence-corrected chi connectivity index (χ3v) is 3.32. The van der Waals surface area contributed by atoms with Crippen molar-refractivity contribution in [2.75, 3.05) is 19.7 Å². The lowest BCUT2D eigenvalue weighted by atomic mass is 10.2. The minimum atomic E-state index is -0.972. The monoisotopic (exact) mass is 272 g/mol. The van der Waals surface area contributed by atoms with Crippen LogP contribution in [0.25, 0.3) is 0 Å². The Morgan fingerprint density at radius 1 is 1.42 bits per heavy atom. The molecule has 2 N–H and O–H groups in total. The second kappa shape index (κ2) is 7.99. The van der Waals surface area contributed by atoms with Crippen molar-refractivity contribution < 1.29 is 19.4 Å². The molecule has 0 bridgehead atoms. The van der Waals surface area contributed by atoms with Crippen molar-refractivity contribution in [2.45, 2.75) is 51.7 Å². The van der Waals surface area contributed by atoms with Gasteiger partial charge in [0.05, 0.1) is 6.10 Å². The number of carboxylic acids is 1. The molecule has 1 atom stereocenters. The van der Waals surface area contributed by atoms with Gasteiger partial charge in [-0.3, -0.25) is 4.79 Å². The number of amides is 2. The molecular formula is C13H24N2O4. The summed E-state index contributed by atoms with van der Waals surface area (Å²) in [7, 11) is 0. The number of carbonyl (C=O) groups is 2. The van der Waals surface area contributed by atoms with E-state index in [2.05, 4.69) is 5.32 Å². The van der Waals surface area contributed by atoms with E-state index in [-0.39, 0.29) is 24.7 Å². The van der Waals surface area contributed by atoms with Gasteiger partial charge in [0.25, 0.3) is 0 Å². The maximum Gasteiger partial charge on any atom is 0.323 e. The maximum absolute atomic E-state index is 12.1. The maximum atomic E-state index is 12.1. The second-order valence-electron chi connectivity index (χ2n) is 4.91. The van der Waals surface area contributed by atoms with Crippen molar-refractivity contribution in [3.63, 3.8) is 0 Å². The fourth-order valence-electron chi connectivity index (χ4n) is 2.40. The Morgan fingerprint density at radius 2 is 2.05 bits per heavy atom. The lowest BCUT2D eigenvalue weighted by Gasteiger charge is -2.28. The molecule has 6 nitrogen and oxygen atoms in total. The molecule has 1 aliphatic rings. The summed E-state index contributed by atoms with van der Waals surface area (Å²) in [5.74, 6) is -0.972. The molecule has 0 aromatic heterocycles. The number of ether oxygens (including phenoxy) is 1. The minimum absolute atomic E-state index is 0.0542. The highest BCUT2D eigenvalue weighted by Gasteiger charge is 2.28. The van der Waals surface area contributed by atoms with Crippen LogP contribution in [0.15, 0.2) is 0 Å². The van der Waals surface area contributed by atoms with E-state index in [1.165, 1.54) is 4.90 Å². The Hall–Kier alpha value is -1.30. The molecular weight excluding hydrogens is 248 g/mol. The van der Waals surface area contributed by atoms with E-state index in [0.717, 1.165) is 25.7 Å². The molecule has 2 amide bonds. The van der Waals surface area contributed by atoms with E-state index >= 15 is 0 Å². The fraction of sp³-hybridized carbons (Fsp3) is 0.846. The van der Waals surface area contributed by atoms with Crippen LogP contribution in [-0.2, 0) is 9.53 Å². The molecule has 6 heteroatoms. The molecule has 0 aromatic carbocycles. The highest BCUT2D eigenvalue weighted by atomic mass is 16.5. The molecule has 19 heavy (non-hydrogen) atoms. The normalized spacial score (nSPS) is 17.2. The summed E-state index contributed by atoms with van der Waals surface area (Å²) in [4.78, 5) is 24.4. The number of aliphatic carboxylic acids is 1. The SMILES string of the molecule is CCOC(C)CNC(=O)N(CC(=O)O)C1CCCC1. The first-order chi connectivity index (χ1) is 9.04. The Morgan fingerprint density at radius 3 is 2.58 bits per heavy atom. The van der Waals surface area contributed by atoms with E-state index in [4.69, 9.17) is 9.84 Å². The van der Waals surface area contributed by atoms with Crippen LogP contribution in [0.2, 0.25) is 0 Å². The first-order valence-electron chi connectivity index (χ1n) is 6.92. The van der Waals surface area contributed by atoms with Gasteiger partial charge in [-0.05, 0) is 26.7 Å². The lowest BCUT2D eigenvalue weighted by molar-refractivity contribution is -0.138. The standard InChI is InChI=1S/C13H24N2O4/c1-3-19-10(2)8-14-13(18)15(9-12(16)17)11-6-4-5-7-11/h10-11H,3-9H2,1-2H3,(H,14,18)(H,16,17). The topological polar surface area (TPSA) is 78.9 Å². The molecule has 1 saturated carbocycles. The number of nitrogens with one attached hydrogen (secondary N) is 1.